The third kappa shape index (κ3) is 3.60. The van der Waals surface area contributed by atoms with Crippen molar-refractivity contribution in [3.63, 3.8) is 0 Å². The van der Waals surface area contributed by atoms with E-state index in [9.17, 15) is 4.79 Å². The number of ether oxygens (including phenoxy) is 3. The van der Waals surface area contributed by atoms with Crippen molar-refractivity contribution >= 4 is 5.91 Å². The average Bonchev–Trinajstić information content (AvgIpc) is 2.99. The van der Waals surface area contributed by atoms with Crippen LogP contribution in [0.4, 0.5) is 0 Å². The Hall–Kier alpha value is -1.91. The largest absolute Gasteiger partial charge is 0.493 e. The summed E-state index contributed by atoms with van der Waals surface area (Å²) in [7, 11) is 4.70. The Kier molecular flexibility index (Phi) is 5.31. The van der Waals surface area contributed by atoms with Crippen molar-refractivity contribution in [3.8, 4) is 17.2 Å². The summed E-state index contributed by atoms with van der Waals surface area (Å²) >= 11 is 0. The van der Waals surface area contributed by atoms with Crippen molar-refractivity contribution in [2.75, 3.05) is 21.3 Å². The monoisotopic (exact) mass is 293 g/mol. The molecule has 1 fully saturated rings. The second-order valence-electron chi connectivity index (χ2n) is 5.22. The van der Waals surface area contributed by atoms with Gasteiger partial charge >= 0.3 is 0 Å². The first-order valence-corrected chi connectivity index (χ1v) is 7.26. The number of nitrogens with one attached hydrogen (secondary N) is 1. The number of carbonyl (C=O) groups is 1. The molecule has 0 atom stereocenters. The molecule has 1 aromatic carbocycles. The summed E-state index contributed by atoms with van der Waals surface area (Å²) in [6, 6.07) is 3.96. The van der Waals surface area contributed by atoms with E-state index in [1.54, 1.807) is 27.4 Å². The number of carbonyl (C=O) groups excluding carboxylic acids is 1. The van der Waals surface area contributed by atoms with E-state index in [2.05, 4.69) is 5.32 Å². The van der Waals surface area contributed by atoms with Gasteiger partial charge in [-0.05, 0) is 18.9 Å². The SMILES string of the molecule is COc1ccc(CC(=O)NC2CCCC2)c(OC)c1OC. The summed E-state index contributed by atoms with van der Waals surface area (Å²) in [5.41, 5.74) is 0.797. The molecule has 1 saturated carbocycles. The summed E-state index contributed by atoms with van der Waals surface area (Å²) in [5.74, 6) is 1.69. The predicted octanol–water partition coefficient (Wildman–Crippen LogP) is 2.31. The van der Waals surface area contributed by atoms with Gasteiger partial charge in [0.05, 0.1) is 27.8 Å². The van der Waals surface area contributed by atoms with Gasteiger partial charge in [-0.2, -0.15) is 0 Å². The molecule has 21 heavy (non-hydrogen) atoms. The molecule has 0 heterocycles. The van der Waals surface area contributed by atoms with Gasteiger partial charge in [0, 0.05) is 11.6 Å². The van der Waals surface area contributed by atoms with Crippen LogP contribution in [0.3, 0.4) is 0 Å². The standard InChI is InChI=1S/C16H23NO4/c1-19-13-9-8-11(15(20-2)16(13)21-3)10-14(18)17-12-6-4-5-7-12/h8-9,12H,4-7,10H2,1-3H3,(H,17,18). The first-order valence-electron chi connectivity index (χ1n) is 7.26. The molecule has 1 aliphatic carbocycles. The van der Waals surface area contributed by atoms with Crippen molar-refractivity contribution in [1.82, 2.24) is 5.32 Å². The van der Waals surface area contributed by atoms with Crippen LogP contribution >= 0.6 is 0 Å². The molecule has 5 heteroatoms. The molecule has 0 spiro atoms. The van der Waals surface area contributed by atoms with Crippen LogP contribution in [0.5, 0.6) is 17.2 Å². The van der Waals surface area contributed by atoms with E-state index in [1.165, 1.54) is 12.8 Å². The van der Waals surface area contributed by atoms with Crippen LogP contribution < -0.4 is 19.5 Å². The molecule has 0 unspecified atom stereocenters. The number of hydrogen-bond donors (Lipinski definition) is 1. The van der Waals surface area contributed by atoms with Crippen LogP contribution in [0.25, 0.3) is 0 Å². The highest BCUT2D eigenvalue weighted by Crippen LogP contribution is 2.39. The molecule has 0 saturated heterocycles. The summed E-state index contributed by atoms with van der Waals surface area (Å²) in [6.07, 6.45) is 4.83. The van der Waals surface area contributed by atoms with Crippen LogP contribution in [0, 0.1) is 0 Å². The second-order valence-corrected chi connectivity index (χ2v) is 5.22. The minimum absolute atomic E-state index is 0.0208. The van der Waals surface area contributed by atoms with Crippen molar-refractivity contribution in [3.05, 3.63) is 17.7 Å². The van der Waals surface area contributed by atoms with Gasteiger partial charge in [0.1, 0.15) is 0 Å². The Morgan fingerprint density at radius 3 is 2.33 bits per heavy atom. The molecular weight excluding hydrogens is 270 g/mol. The molecule has 0 radical (unpaired) electrons. The Morgan fingerprint density at radius 2 is 1.76 bits per heavy atom. The van der Waals surface area contributed by atoms with Gasteiger partial charge in [0.15, 0.2) is 11.5 Å². The highest BCUT2D eigenvalue weighted by molar-refractivity contribution is 5.80. The summed E-state index contributed by atoms with van der Waals surface area (Å²) in [5, 5.41) is 3.08. The van der Waals surface area contributed by atoms with E-state index in [1.807, 2.05) is 6.07 Å². The minimum atomic E-state index is 0.0208. The molecule has 5 nitrogen and oxygen atoms in total. The van der Waals surface area contributed by atoms with Crippen molar-refractivity contribution < 1.29 is 19.0 Å². The van der Waals surface area contributed by atoms with E-state index >= 15 is 0 Å². The predicted molar refractivity (Wildman–Crippen MR) is 80.2 cm³/mol. The number of methoxy groups -OCH3 is 3. The van der Waals surface area contributed by atoms with Crippen LogP contribution in [-0.4, -0.2) is 33.3 Å². The van der Waals surface area contributed by atoms with E-state index in [4.69, 9.17) is 14.2 Å². The molecule has 2 rings (SSSR count). The van der Waals surface area contributed by atoms with Gasteiger partial charge in [-0.3, -0.25) is 4.79 Å². The maximum Gasteiger partial charge on any atom is 0.224 e. The molecule has 0 aliphatic heterocycles. The van der Waals surface area contributed by atoms with Crippen LogP contribution in [0.2, 0.25) is 0 Å². The van der Waals surface area contributed by atoms with Crippen LogP contribution in [0.15, 0.2) is 12.1 Å². The third-order valence-electron chi connectivity index (χ3n) is 3.86. The van der Waals surface area contributed by atoms with E-state index in [0.29, 0.717) is 23.3 Å². The molecule has 1 aromatic rings. The highest BCUT2D eigenvalue weighted by atomic mass is 16.5. The number of amides is 1. The van der Waals surface area contributed by atoms with Crippen LogP contribution in [-0.2, 0) is 11.2 Å². The zero-order chi connectivity index (χ0) is 15.2. The fourth-order valence-electron chi connectivity index (χ4n) is 2.82. The Morgan fingerprint density at radius 1 is 1.10 bits per heavy atom. The molecule has 1 aliphatic rings. The lowest BCUT2D eigenvalue weighted by atomic mass is 10.1. The first-order chi connectivity index (χ1) is 10.2. The molecular formula is C16H23NO4. The number of rotatable bonds is 6. The molecule has 0 aromatic heterocycles. The fourth-order valence-corrected chi connectivity index (χ4v) is 2.82. The average molecular weight is 293 g/mol. The first kappa shape index (κ1) is 15.5. The minimum Gasteiger partial charge on any atom is -0.493 e. The van der Waals surface area contributed by atoms with Crippen molar-refractivity contribution in [1.29, 1.82) is 0 Å². The maximum absolute atomic E-state index is 12.2. The summed E-state index contributed by atoms with van der Waals surface area (Å²) < 4.78 is 16.0. The van der Waals surface area contributed by atoms with E-state index < -0.39 is 0 Å². The topological polar surface area (TPSA) is 56.8 Å². The van der Waals surface area contributed by atoms with Crippen molar-refractivity contribution in [2.45, 2.75) is 38.1 Å². The smallest absolute Gasteiger partial charge is 0.224 e. The molecule has 116 valence electrons. The lowest BCUT2D eigenvalue weighted by molar-refractivity contribution is -0.121. The van der Waals surface area contributed by atoms with Gasteiger partial charge in [-0.15, -0.1) is 0 Å². The zero-order valence-corrected chi connectivity index (χ0v) is 12.9. The number of benzene rings is 1. The molecule has 1 N–H and O–H groups in total. The zero-order valence-electron chi connectivity index (χ0n) is 12.9. The van der Waals surface area contributed by atoms with Crippen LogP contribution in [0.1, 0.15) is 31.2 Å². The fraction of sp³-hybridized carbons (Fsp3) is 0.562. The van der Waals surface area contributed by atoms with Crippen molar-refractivity contribution in [2.24, 2.45) is 0 Å². The van der Waals surface area contributed by atoms with Gasteiger partial charge in [-0.25, -0.2) is 0 Å². The Bertz CT molecular complexity index is 495. The lowest BCUT2D eigenvalue weighted by Crippen LogP contribution is -2.33. The van der Waals surface area contributed by atoms with E-state index in [0.717, 1.165) is 18.4 Å². The highest BCUT2D eigenvalue weighted by Gasteiger charge is 2.20. The number of hydrogen-bond acceptors (Lipinski definition) is 4. The normalized spacial score (nSPS) is 14.8. The Labute approximate surface area is 125 Å². The maximum atomic E-state index is 12.2. The summed E-state index contributed by atoms with van der Waals surface area (Å²) in [4.78, 5) is 12.2. The third-order valence-corrected chi connectivity index (χ3v) is 3.86. The molecule has 1 amide bonds. The van der Waals surface area contributed by atoms with Gasteiger partial charge in [0.25, 0.3) is 0 Å². The van der Waals surface area contributed by atoms with Gasteiger partial charge < -0.3 is 19.5 Å². The Balaban J connectivity index is 2.13. The van der Waals surface area contributed by atoms with E-state index in [-0.39, 0.29) is 12.3 Å². The lowest BCUT2D eigenvalue weighted by Gasteiger charge is -2.16. The second kappa shape index (κ2) is 7.20. The molecule has 0 bridgehead atoms. The summed E-state index contributed by atoms with van der Waals surface area (Å²) in [6.45, 7) is 0. The quantitative estimate of drug-likeness (QED) is 0.874. The van der Waals surface area contributed by atoms with Gasteiger partial charge in [-0.1, -0.05) is 18.9 Å². The van der Waals surface area contributed by atoms with Gasteiger partial charge in [0.2, 0.25) is 11.7 Å².